The van der Waals surface area contributed by atoms with Crippen LogP contribution in [0.5, 0.6) is 0 Å². The molecule has 1 heterocycles. The smallest absolute Gasteiger partial charge is 0.0426 e. The van der Waals surface area contributed by atoms with Crippen LogP contribution in [0.3, 0.4) is 0 Å². The van der Waals surface area contributed by atoms with Crippen LogP contribution in [0, 0.1) is 0 Å². The molecule has 88 valence electrons. The van der Waals surface area contributed by atoms with Gasteiger partial charge in [0, 0.05) is 28.8 Å². The molecule has 0 amide bonds. The van der Waals surface area contributed by atoms with E-state index < -0.39 is 0 Å². The molecule has 0 bridgehead atoms. The summed E-state index contributed by atoms with van der Waals surface area (Å²) in [5, 5.41) is 4.17. The minimum absolute atomic E-state index is 0.193. The quantitative estimate of drug-likeness (QED) is 0.853. The van der Waals surface area contributed by atoms with E-state index in [0.717, 1.165) is 18.0 Å². The van der Waals surface area contributed by atoms with E-state index in [4.69, 9.17) is 11.6 Å². The second-order valence-corrected chi connectivity index (χ2v) is 5.53. The zero-order valence-corrected chi connectivity index (χ0v) is 10.9. The SMILES string of the molecule is CNC1CN(c2cccc(Cl)c2)C(C)(C)C1. The van der Waals surface area contributed by atoms with E-state index in [1.54, 1.807) is 0 Å². The molecule has 1 N–H and O–H groups in total. The summed E-state index contributed by atoms with van der Waals surface area (Å²) in [6.07, 6.45) is 1.16. The Morgan fingerprint density at radius 2 is 2.19 bits per heavy atom. The van der Waals surface area contributed by atoms with Crippen molar-refractivity contribution in [3.8, 4) is 0 Å². The summed E-state index contributed by atoms with van der Waals surface area (Å²) in [5.74, 6) is 0. The fourth-order valence-electron chi connectivity index (χ4n) is 2.54. The molecule has 0 radical (unpaired) electrons. The minimum Gasteiger partial charge on any atom is -0.365 e. The molecule has 0 aromatic heterocycles. The number of hydrogen-bond acceptors (Lipinski definition) is 2. The molecule has 0 aliphatic carbocycles. The van der Waals surface area contributed by atoms with E-state index in [2.05, 4.69) is 30.1 Å². The fraction of sp³-hybridized carbons (Fsp3) is 0.538. The van der Waals surface area contributed by atoms with Crippen LogP contribution in [-0.4, -0.2) is 25.2 Å². The first-order chi connectivity index (χ1) is 7.53. The highest BCUT2D eigenvalue weighted by Crippen LogP contribution is 2.34. The van der Waals surface area contributed by atoms with Gasteiger partial charge in [0.2, 0.25) is 0 Å². The molecule has 1 atom stereocenters. The number of likely N-dealkylation sites (N-methyl/N-ethyl adjacent to an activating group) is 1. The molecule has 1 fully saturated rings. The molecule has 3 heteroatoms. The molecule has 2 rings (SSSR count). The molecule has 0 saturated carbocycles. The van der Waals surface area contributed by atoms with Crippen molar-refractivity contribution in [1.82, 2.24) is 5.32 Å². The molecule has 1 aromatic rings. The molecule has 0 spiro atoms. The lowest BCUT2D eigenvalue weighted by atomic mass is 10.00. The third-order valence-electron chi connectivity index (χ3n) is 3.41. The van der Waals surface area contributed by atoms with Crippen LogP contribution in [0.4, 0.5) is 5.69 Å². The van der Waals surface area contributed by atoms with Crippen LogP contribution in [0.1, 0.15) is 20.3 Å². The second kappa shape index (κ2) is 4.27. The summed E-state index contributed by atoms with van der Waals surface area (Å²) in [6, 6.07) is 8.67. The third-order valence-corrected chi connectivity index (χ3v) is 3.64. The molecule has 1 aromatic carbocycles. The highest BCUT2D eigenvalue weighted by Gasteiger charge is 2.37. The lowest BCUT2D eigenvalue weighted by Gasteiger charge is -2.33. The summed E-state index contributed by atoms with van der Waals surface area (Å²) in [6.45, 7) is 5.61. The number of benzene rings is 1. The van der Waals surface area contributed by atoms with E-state index >= 15 is 0 Å². The number of nitrogens with zero attached hydrogens (tertiary/aromatic N) is 1. The van der Waals surface area contributed by atoms with Crippen molar-refractivity contribution in [2.75, 3.05) is 18.5 Å². The number of halogens is 1. The minimum atomic E-state index is 0.193. The Hall–Kier alpha value is -0.730. The van der Waals surface area contributed by atoms with Crippen LogP contribution in [0.15, 0.2) is 24.3 Å². The average Bonchev–Trinajstić information content (AvgIpc) is 2.53. The van der Waals surface area contributed by atoms with Gasteiger partial charge in [0.15, 0.2) is 0 Å². The van der Waals surface area contributed by atoms with Crippen LogP contribution in [0.2, 0.25) is 5.02 Å². The van der Waals surface area contributed by atoms with Gasteiger partial charge in [0.1, 0.15) is 0 Å². The maximum atomic E-state index is 6.04. The Kier molecular flexibility index (Phi) is 3.13. The number of anilines is 1. The van der Waals surface area contributed by atoms with Crippen molar-refractivity contribution >= 4 is 17.3 Å². The van der Waals surface area contributed by atoms with E-state index in [1.165, 1.54) is 5.69 Å². The van der Waals surface area contributed by atoms with Gasteiger partial charge in [-0.1, -0.05) is 17.7 Å². The van der Waals surface area contributed by atoms with Crippen LogP contribution in [-0.2, 0) is 0 Å². The first-order valence-electron chi connectivity index (χ1n) is 5.73. The van der Waals surface area contributed by atoms with Gasteiger partial charge in [-0.15, -0.1) is 0 Å². The van der Waals surface area contributed by atoms with Crippen molar-refractivity contribution in [3.63, 3.8) is 0 Å². The van der Waals surface area contributed by atoms with E-state index in [-0.39, 0.29) is 5.54 Å². The zero-order valence-electron chi connectivity index (χ0n) is 10.1. The fourth-order valence-corrected chi connectivity index (χ4v) is 2.72. The maximum absolute atomic E-state index is 6.04. The molecule has 1 saturated heterocycles. The van der Waals surface area contributed by atoms with Crippen molar-refractivity contribution in [2.24, 2.45) is 0 Å². The van der Waals surface area contributed by atoms with Crippen LogP contribution in [0.25, 0.3) is 0 Å². The second-order valence-electron chi connectivity index (χ2n) is 5.09. The Morgan fingerprint density at radius 3 is 2.75 bits per heavy atom. The van der Waals surface area contributed by atoms with Gasteiger partial charge < -0.3 is 10.2 Å². The Labute approximate surface area is 103 Å². The van der Waals surface area contributed by atoms with Crippen LogP contribution < -0.4 is 10.2 Å². The molecular weight excluding hydrogens is 220 g/mol. The van der Waals surface area contributed by atoms with Gasteiger partial charge in [-0.2, -0.15) is 0 Å². The Balaban J connectivity index is 2.27. The van der Waals surface area contributed by atoms with Crippen molar-refractivity contribution in [2.45, 2.75) is 31.8 Å². The first kappa shape index (κ1) is 11.7. The molecule has 1 aliphatic rings. The number of nitrogens with one attached hydrogen (secondary N) is 1. The largest absolute Gasteiger partial charge is 0.365 e. The molecular formula is C13H19ClN2. The summed E-state index contributed by atoms with van der Waals surface area (Å²) in [5.41, 5.74) is 1.41. The normalized spacial score (nSPS) is 23.8. The Morgan fingerprint density at radius 1 is 1.44 bits per heavy atom. The highest BCUT2D eigenvalue weighted by molar-refractivity contribution is 6.30. The van der Waals surface area contributed by atoms with Gasteiger partial charge >= 0.3 is 0 Å². The lowest BCUT2D eigenvalue weighted by Crippen LogP contribution is -2.38. The van der Waals surface area contributed by atoms with Gasteiger partial charge in [0.25, 0.3) is 0 Å². The number of rotatable bonds is 2. The van der Waals surface area contributed by atoms with E-state index in [1.807, 2.05) is 25.2 Å². The van der Waals surface area contributed by atoms with E-state index in [9.17, 15) is 0 Å². The predicted octanol–water partition coefficient (Wildman–Crippen LogP) is 2.92. The van der Waals surface area contributed by atoms with E-state index in [0.29, 0.717) is 6.04 Å². The summed E-state index contributed by atoms with van der Waals surface area (Å²) in [4.78, 5) is 2.43. The summed E-state index contributed by atoms with van der Waals surface area (Å²) >= 11 is 6.04. The summed E-state index contributed by atoms with van der Waals surface area (Å²) < 4.78 is 0. The standard InChI is InChI=1S/C13H19ClN2/c1-13(2)8-11(15-3)9-16(13)12-6-4-5-10(14)7-12/h4-7,11,15H,8-9H2,1-3H3. The molecule has 1 aliphatic heterocycles. The zero-order chi connectivity index (χ0) is 11.8. The average molecular weight is 239 g/mol. The monoisotopic (exact) mass is 238 g/mol. The number of hydrogen-bond donors (Lipinski definition) is 1. The maximum Gasteiger partial charge on any atom is 0.0426 e. The van der Waals surface area contributed by atoms with Crippen molar-refractivity contribution < 1.29 is 0 Å². The van der Waals surface area contributed by atoms with Gasteiger partial charge in [-0.3, -0.25) is 0 Å². The van der Waals surface area contributed by atoms with Gasteiger partial charge in [0.05, 0.1) is 0 Å². The third kappa shape index (κ3) is 2.18. The Bertz CT molecular complexity index is 376. The molecule has 2 nitrogen and oxygen atoms in total. The van der Waals surface area contributed by atoms with Crippen LogP contribution >= 0.6 is 11.6 Å². The van der Waals surface area contributed by atoms with Crippen molar-refractivity contribution in [1.29, 1.82) is 0 Å². The van der Waals surface area contributed by atoms with Gasteiger partial charge in [-0.25, -0.2) is 0 Å². The molecule has 1 unspecified atom stereocenters. The molecule has 16 heavy (non-hydrogen) atoms. The van der Waals surface area contributed by atoms with Gasteiger partial charge in [-0.05, 0) is 45.5 Å². The highest BCUT2D eigenvalue weighted by atomic mass is 35.5. The summed E-state index contributed by atoms with van der Waals surface area (Å²) in [7, 11) is 2.03. The first-order valence-corrected chi connectivity index (χ1v) is 6.11. The predicted molar refractivity (Wildman–Crippen MR) is 70.3 cm³/mol. The topological polar surface area (TPSA) is 15.3 Å². The lowest BCUT2D eigenvalue weighted by molar-refractivity contribution is 0.487. The van der Waals surface area contributed by atoms with Crippen molar-refractivity contribution in [3.05, 3.63) is 29.3 Å².